The molecule has 1 fully saturated rings. The average molecular weight is 220 g/mol. The summed E-state index contributed by atoms with van der Waals surface area (Å²) < 4.78 is 0. The van der Waals surface area contributed by atoms with Crippen LogP contribution in [0.4, 0.5) is 0 Å². The predicted molar refractivity (Wildman–Crippen MR) is 63.8 cm³/mol. The standard InChI is InChI=1S/C13H16OS/c1-2-5-12(14)13(7-4-8-13)10-11-6-3-9-15-11/h3,6,9,12,14H,4,7-8,10H2,1H3. The lowest BCUT2D eigenvalue weighted by Crippen LogP contribution is -2.42. The van der Waals surface area contributed by atoms with Gasteiger partial charge >= 0.3 is 0 Å². The van der Waals surface area contributed by atoms with Crippen LogP contribution >= 0.6 is 11.3 Å². The third-order valence-electron chi connectivity index (χ3n) is 3.32. The number of hydrogen-bond donors (Lipinski definition) is 1. The molecule has 0 bridgehead atoms. The molecule has 1 N–H and O–H groups in total. The highest BCUT2D eigenvalue weighted by atomic mass is 32.1. The number of hydrogen-bond acceptors (Lipinski definition) is 2. The second-order valence-electron chi connectivity index (χ2n) is 4.27. The van der Waals surface area contributed by atoms with E-state index in [-0.39, 0.29) is 5.41 Å². The number of aliphatic hydroxyl groups is 1. The van der Waals surface area contributed by atoms with Gasteiger partial charge in [-0.1, -0.05) is 18.4 Å². The summed E-state index contributed by atoms with van der Waals surface area (Å²) in [6.45, 7) is 1.79. The molecule has 0 radical (unpaired) electrons. The maximum atomic E-state index is 10.0. The van der Waals surface area contributed by atoms with E-state index in [1.807, 2.05) is 0 Å². The van der Waals surface area contributed by atoms with Gasteiger partial charge < -0.3 is 5.11 Å². The zero-order valence-corrected chi connectivity index (χ0v) is 9.81. The van der Waals surface area contributed by atoms with Crippen LogP contribution in [0.15, 0.2) is 17.5 Å². The van der Waals surface area contributed by atoms with Gasteiger partial charge in [0.15, 0.2) is 0 Å². The van der Waals surface area contributed by atoms with E-state index in [2.05, 4.69) is 29.4 Å². The normalized spacial score (nSPS) is 19.9. The molecule has 1 nitrogen and oxygen atoms in total. The summed E-state index contributed by atoms with van der Waals surface area (Å²) in [4.78, 5) is 1.37. The second kappa shape index (κ2) is 4.38. The summed E-state index contributed by atoms with van der Waals surface area (Å²) in [5, 5.41) is 12.1. The highest BCUT2D eigenvalue weighted by molar-refractivity contribution is 7.09. The van der Waals surface area contributed by atoms with Crippen molar-refractivity contribution in [2.45, 2.75) is 38.7 Å². The van der Waals surface area contributed by atoms with Crippen LogP contribution < -0.4 is 0 Å². The van der Waals surface area contributed by atoms with Gasteiger partial charge in [-0.3, -0.25) is 0 Å². The topological polar surface area (TPSA) is 20.2 Å². The Morgan fingerprint density at radius 2 is 2.40 bits per heavy atom. The van der Waals surface area contributed by atoms with Crippen molar-refractivity contribution in [1.29, 1.82) is 0 Å². The molecule has 0 amide bonds. The summed E-state index contributed by atoms with van der Waals surface area (Å²) in [6.07, 6.45) is 3.99. The maximum absolute atomic E-state index is 10.0. The van der Waals surface area contributed by atoms with E-state index >= 15 is 0 Å². The van der Waals surface area contributed by atoms with Gasteiger partial charge in [-0.05, 0) is 37.6 Å². The van der Waals surface area contributed by atoms with Gasteiger partial charge in [0.1, 0.15) is 6.10 Å². The second-order valence-corrected chi connectivity index (χ2v) is 5.30. The van der Waals surface area contributed by atoms with Crippen LogP contribution in [0.1, 0.15) is 31.1 Å². The van der Waals surface area contributed by atoms with Gasteiger partial charge in [0.05, 0.1) is 0 Å². The smallest absolute Gasteiger partial charge is 0.120 e. The van der Waals surface area contributed by atoms with Crippen molar-refractivity contribution in [2.24, 2.45) is 5.41 Å². The van der Waals surface area contributed by atoms with Crippen molar-refractivity contribution in [3.05, 3.63) is 22.4 Å². The molecule has 1 unspecified atom stereocenters. The first kappa shape index (κ1) is 10.7. The average Bonchev–Trinajstić information content (AvgIpc) is 2.63. The van der Waals surface area contributed by atoms with E-state index in [1.54, 1.807) is 18.3 Å². The zero-order valence-electron chi connectivity index (χ0n) is 8.99. The van der Waals surface area contributed by atoms with Gasteiger partial charge in [0, 0.05) is 10.3 Å². The SMILES string of the molecule is CC#CC(O)C1(Cc2cccs2)CCC1. The fourth-order valence-electron chi connectivity index (χ4n) is 2.23. The van der Waals surface area contributed by atoms with Crippen LogP contribution in [0, 0.1) is 17.3 Å². The Labute approximate surface area is 95.1 Å². The zero-order chi connectivity index (χ0) is 10.7. The van der Waals surface area contributed by atoms with Crippen LogP contribution in [-0.2, 0) is 6.42 Å². The van der Waals surface area contributed by atoms with E-state index in [4.69, 9.17) is 0 Å². The van der Waals surface area contributed by atoms with Gasteiger partial charge in [-0.15, -0.1) is 17.3 Å². The van der Waals surface area contributed by atoms with Crippen LogP contribution in [0.5, 0.6) is 0 Å². The predicted octanol–water partition coefficient (Wildman–Crippen LogP) is 2.85. The minimum atomic E-state index is -0.446. The molecule has 1 aliphatic rings. The Morgan fingerprint density at radius 3 is 2.87 bits per heavy atom. The lowest BCUT2D eigenvalue weighted by Gasteiger charge is -2.43. The Bertz CT molecular complexity index is 365. The minimum Gasteiger partial charge on any atom is -0.380 e. The van der Waals surface area contributed by atoms with Gasteiger partial charge in [-0.25, -0.2) is 0 Å². The monoisotopic (exact) mass is 220 g/mol. The van der Waals surface area contributed by atoms with Crippen molar-refractivity contribution in [2.75, 3.05) is 0 Å². The third-order valence-corrected chi connectivity index (χ3v) is 4.19. The van der Waals surface area contributed by atoms with Crippen molar-refractivity contribution in [3.63, 3.8) is 0 Å². The molecule has 0 aromatic carbocycles. The van der Waals surface area contributed by atoms with Crippen LogP contribution in [-0.4, -0.2) is 11.2 Å². The van der Waals surface area contributed by atoms with Crippen molar-refractivity contribution < 1.29 is 5.11 Å². The quantitative estimate of drug-likeness (QED) is 0.777. The summed E-state index contributed by atoms with van der Waals surface area (Å²) in [7, 11) is 0. The first-order valence-electron chi connectivity index (χ1n) is 5.39. The van der Waals surface area contributed by atoms with E-state index in [0.717, 1.165) is 19.3 Å². The molecule has 0 saturated heterocycles. The molecule has 0 spiro atoms. The van der Waals surface area contributed by atoms with E-state index < -0.39 is 6.10 Å². The molecular weight excluding hydrogens is 204 g/mol. The van der Waals surface area contributed by atoms with Crippen molar-refractivity contribution in [1.82, 2.24) is 0 Å². The summed E-state index contributed by atoms with van der Waals surface area (Å²) >= 11 is 1.78. The largest absolute Gasteiger partial charge is 0.380 e. The fourth-order valence-corrected chi connectivity index (χ4v) is 3.09. The summed E-state index contributed by atoms with van der Waals surface area (Å²) in [5.74, 6) is 5.74. The van der Waals surface area contributed by atoms with Crippen LogP contribution in [0.2, 0.25) is 0 Å². The molecular formula is C13H16OS. The molecule has 0 aliphatic heterocycles. The lowest BCUT2D eigenvalue weighted by molar-refractivity contribution is 0.00161. The summed E-state index contributed by atoms with van der Waals surface area (Å²) in [6, 6.07) is 4.22. The lowest BCUT2D eigenvalue weighted by atomic mass is 9.63. The number of thiophene rings is 1. The van der Waals surface area contributed by atoms with E-state index in [9.17, 15) is 5.11 Å². The first-order valence-corrected chi connectivity index (χ1v) is 6.27. The van der Waals surface area contributed by atoms with Crippen molar-refractivity contribution >= 4 is 11.3 Å². The Kier molecular flexibility index (Phi) is 3.14. The molecule has 1 aliphatic carbocycles. The van der Waals surface area contributed by atoms with Crippen LogP contribution in [0.25, 0.3) is 0 Å². The van der Waals surface area contributed by atoms with Gasteiger partial charge in [-0.2, -0.15) is 0 Å². The van der Waals surface area contributed by atoms with Gasteiger partial charge in [0.25, 0.3) is 0 Å². The molecule has 15 heavy (non-hydrogen) atoms. The fraction of sp³-hybridized carbons (Fsp3) is 0.538. The number of rotatable bonds is 3. The maximum Gasteiger partial charge on any atom is 0.120 e. The summed E-state index contributed by atoms with van der Waals surface area (Å²) in [5.41, 5.74) is 0.0495. The van der Waals surface area contributed by atoms with E-state index in [1.165, 1.54) is 11.3 Å². The first-order chi connectivity index (χ1) is 7.27. The highest BCUT2D eigenvalue weighted by Gasteiger charge is 2.42. The third kappa shape index (κ3) is 2.09. The number of aliphatic hydroxyl groups excluding tert-OH is 1. The van der Waals surface area contributed by atoms with Gasteiger partial charge in [0.2, 0.25) is 0 Å². The molecule has 1 aromatic heterocycles. The molecule has 1 saturated carbocycles. The molecule has 2 heteroatoms. The van der Waals surface area contributed by atoms with Crippen molar-refractivity contribution in [3.8, 4) is 11.8 Å². The molecule has 2 rings (SSSR count). The van der Waals surface area contributed by atoms with Crippen LogP contribution in [0.3, 0.4) is 0 Å². The Morgan fingerprint density at radius 1 is 1.60 bits per heavy atom. The highest BCUT2D eigenvalue weighted by Crippen LogP contribution is 2.47. The van der Waals surface area contributed by atoms with E-state index in [0.29, 0.717) is 0 Å². The minimum absolute atomic E-state index is 0.0495. The Balaban J connectivity index is 2.10. The molecule has 80 valence electrons. The molecule has 1 aromatic rings. The molecule has 1 atom stereocenters. The molecule has 1 heterocycles. The Hall–Kier alpha value is -0.780.